The number of aryl methyl sites for hydroxylation is 2. The monoisotopic (exact) mass is 421 g/mol. The lowest BCUT2D eigenvalue weighted by atomic mass is 10.0. The fourth-order valence-electron chi connectivity index (χ4n) is 3.45. The highest BCUT2D eigenvalue weighted by Crippen LogP contribution is 2.29. The number of fused-ring (bicyclic) bond motifs is 1. The highest BCUT2D eigenvalue weighted by Gasteiger charge is 2.27. The number of ketones is 1. The standard InChI is InChI=1S/C19H23N3O4S2/c23-17(13-20-19-21-16-6-1-2-7-18(16)27-19)14-4-3-5-15(12-14)28(24,25)22-8-10-26-11-9-22/h3-5,12H,1-2,6-11,13H2,(H,20,21). The Morgan fingerprint density at radius 3 is 2.79 bits per heavy atom. The Bertz CT molecular complexity index is 942. The van der Waals surface area contributed by atoms with Crippen molar-refractivity contribution in [3.05, 3.63) is 40.4 Å². The lowest BCUT2D eigenvalue weighted by molar-refractivity contribution is 0.0730. The van der Waals surface area contributed by atoms with Crippen molar-refractivity contribution in [3.63, 3.8) is 0 Å². The molecule has 0 radical (unpaired) electrons. The number of hydrogen-bond donors (Lipinski definition) is 1. The van der Waals surface area contributed by atoms with Gasteiger partial charge in [0.15, 0.2) is 10.9 Å². The van der Waals surface area contributed by atoms with E-state index in [0.717, 1.165) is 23.7 Å². The first kappa shape index (κ1) is 19.5. The molecule has 28 heavy (non-hydrogen) atoms. The van der Waals surface area contributed by atoms with E-state index in [-0.39, 0.29) is 17.2 Å². The van der Waals surface area contributed by atoms with E-state index in [4.69, 9.17) is 4.74 Å². The Labute approximate surface area is 168 Å². The third kappa shape index (κ3) is 4.12. The molecule has 2 aromatic rings. The molecule has 0 spiro atoms. The molecule has 1 saturated heterocycles. The van der Waals surface area contributed by atoms with E-state index < -0.39 is 10.0 Å². The number of aromatic nitrogens is 1. The molecular formula is C19H23N3O4S2. The van der Waals surface area contributed by atoms with E-state index in [9.17, 15) is 13.2 Å². The van der Waals surface area contributed by atoms with Crippen molar-refractivity contribution < 1.29 is 17.9 Å². The van der Waals surface area contributed by atoms with Gasteiger partial charge in [-0.2, -0.15) is 4.31 Å². The quantitative estimate of drug-likeness (QED) is 0.721. The zero-order chi connectivity index (χ0) is 19.6. The van der Waals surface area contributed by atoms with Crippen molar-refractivity contribution in [2.45, 2.75) is 30.6 Å². The molecule has 0 bridgehead atoms. The number of Topliss-reactive ketones (excluding diaryl/α,β-unsaturated/α-hetero) is 1. The SMILES string of the molecule is O=C(CNc1nc2c(s1)CCCC2)c1cccc(S(=O)(=O)N2CCOCC2)c1. The van der Waals surface area contributed by atoms with Gasteiger partial charge >= 0.3 is 0 Å². The second-order valence-electron chi connectivity index (χ2n) is 6.92. The minimum absolute atomic E-state index is 0.0907. The first-order valence-corrected chi connectivity index (χ1v) is 11.7. The van der Waals surface area contributed by atoms with E-state index in [1.165, 1.54) is 34.2 Å². The fraction of sp³-hybridized carbons (Fsp3) is 0.474. The molecule has 1 N–H and O–H groups in total. The van der Waals surface area contributed by atoms with Crippen LogP contribution in [0.25, 0.3) is 0 Å². The molecule has 4 rings (SSSR count). The molecule has 9 heteroatoms. The zero-order valence-corrected chi connectivity index (χ0v) is 17.2. The first-order chi connectivity index (χ1) is 13.5. The average Bonchev–Trinajstić information content (AvgIpc) is 3.16. The number of rotatable bonds is 6. The molecule has 1 aromatic heterocycles. The summed E-state index contributed by atoms with van der Waals surface area (Å²) >= 11 is 1.61. The number of anilines is 1. The Morgan fingerprint density at radius 2 is 2.00 bits per heavy atom. The normalized spacial score (nSPS) is 17.9. The maximum Gasteiger partial charge on any atom is 0.243 e. The van der Waals surface area contributed by atoms with Gasteiger partial charge < -0.3 is 10.1 Å². The fourth-order valence-corrected chi connectivity index (χ4v) is 5.95. The number of morpholine rings is 1. The van der Waals surface area contributed by atoms with Crippen molar-refractivity contribution in [2.24, 2.45) is 0 Å². The third-order valence-corrected chi connectivity index (χ3v) is 8.02. The number of nitrogens with zero attached hydrogens (tertiary/aromatic N) is 2. The van der Waals surface area contributed by atoms with Crippen LogP contribution in [0.5, 0.6) is 0 Å². The van der Waals surface area contributed by atoms with Gasteiger partial charge in [0.1, 0.15) is 0 Å². The summed E-state index contributed by atoms with van der Waals surface area (Å²) in [6.07, 6.45) is 4.42. The van der Waals surface area contributed by atoms with Crippen molar-refractivity contribution in [1.82, 2.24) is 9.29 Å². The van der Waals surface area contributed by atoms with Crippen LogP contribution in [0.2, 0.25) is 0 Å². The molecule has 1 aromatic carbocycles. The van der Waals surface area contributed by atoms with Crippen LogP contribution in [0.1, 0.15) is 33.8 Å². The van der Waals surface area contributed by atoms with Crippen molar-refractivity contribution >= 4 is 32.3 Å². The molecule has 1 fully saturated rings. The van der Waals surface area contributed by atoms with E-state index in [2.05, 4.69) is 10.3 Å². The Kier molecular flexibility index (Phi) is 5.77. The van der Waals surface area contributed by atoms with Gasteiger partial charge in [-0.1, -0.05) is 12.1 Å². The topological polar surface area (TPSA) is 88.6 Å². The number of ether oxygens (including phenoxy) is 1. The number of thiazole rings is 1. The summed E-state index contributed by atoms with van der Waals surface area (Å²) in [7, 11) is -3.62. The molecule has 150 valence electrons. The predicted molar refractivity (Wildman–Crippen MR) is 108 cm³/mol. The van der Waals surface area contributed by atoms with Crippen LogP contribution in [-0.4, -0.2) is 56.3 Å². The summed E-state index contributed by atoms with van der Waals surface area (Å²) < 4.78 is 32.2. The van der Waals surface area contributed by atoms with Gasteiger partial charge in [-0.05, 0) is 37.8 Å². The third-order valence-electron chi connectivity index (χ3n) is 5.01. The van der Waals surface area contributed by atoms with Crippen LogP contribution in [-0.2, 0) is 27.6 Å². The molecule has 1 aliphatic heterocycles. The van der Waals surface area contributed by atoms with Crippen molar-refractivity contribution in [1.29, 1.82) is 0 Å². The lowest BCUT2D eigenvalue weighted by Gasteiger charge is -2.26. The molecule has 2 heterocycles. The second-order valence-corrected chi connectivity index (χ2v) is 9.94. The molecule has 0 atom stereocenters. The van der Waals surface area contributed by atoms with Gasteiger partial charge in [-0.3, -0.25) is 4.79 Å². The number of carbonyl (C=O) groups excluding carboxylic acids is 1. The maximum atomic E-state index is 12.8. The van der Waals surface area contributed by atoms with Crippen LogP contribution in [0, 0.1) is 0 Å². The Balaban J connectivity index is 1.44. The largest absolute Gasteiger partial charge is 0.379 e. The first-order valence-electron chi connectivity index (χ1n) is 9.48. The molecule has 1 aliphatic carbocycles. The van der Waals surface area contributed by atoms with Gasteiger partial charge in [0, 0.05) is 23.5 Å². The van der Waals surface area contributed by atoms with Crippen LogP contribution >= 0.6 is 11.3 Å². The number of hydrogen-bond acceptors (Lipinski definition) is 7. The average molecular weight is 422 g/mol. The van der Waals surface area contributed by atoms with Crippen LogP contribution < -0.4 is 5.32 Å². The molecule has 0 saturated carbocycles. The molecule has 7 nitrogen and oxygen atoms in total. The summed E-state index contributed by atoms with van der Waals surface area (Å²) in [6, 6.07) is 6.25. The predicted octanol–water partition coefficient (Wildman–Crippen LogP) is 2.34. The van der Waals surface area contributed by atoms with Gasteiger partial charge in [0.05, 0.1) is 30.3 Å². The van der Waals surface area contributed by atoms with Gasteiger partial charge in [-0.25, -0.2) is 13.4 Å². The Hall–Kier alpha value is -1.81. The van der Waals surface area contributed by atoms with Gasteiger partial charge in [0.2, 0.25) is 10.0 Å². The van der Waals surface area contributed by atoms with Crippen LogP contribution in [0.3, 0.4) is 0 Å². The number of sulfonamides is 1. The maximum absolute atomic E-state index is 12.8. The summed E-state index contributed by atoms with van der Waals surface area (Å²) in [6.45, 7) is 1.53. The van der Waals surface area contributed by atoms with E-state index in [1.807, 2.05) is 0 Å². The summed E-state index contributed by atoms with van der Waals surface area (Å²) in [5.74, 6) is -0.160. The minimum atomic E-state index is -3.62. The van der Waals surface area contributed by atoms with Crippen molar-refractivity contribution in [2.75, 3.05) is 38.2 Å². The highest BCUT2D eigenvalue weighted by molar-refractivity contribution is 7.89. The summed E-state index contributed by atoms with van der Waals surface area (Å²) in [5, 5.41) is 3.86. The Morgan fingerprint density at radius 1 is 1.21 bits per heavy atom. The molecule has 0 unspecified atom stereocenters. The second kappa shape index (κ2) is 8.28. The number of nitrogens with one attached hydrogen (secondary N) is 1. The molecule has 0 amide bonds. The molecule has 2 aliphatic rings. The van der Waals surface area contributed by atoms with E-state index in [1.54, 1.807) is 23.5 Å². The smallest absolute Gasteiger partial charge is 0.243 e. The minimum Gasteiger partial charge on any atom is -0.379 e. The molecular weight excluding hydrogens is 398 g/mol. The van der Waals surface area contributed by atoms with Gasteiger partial charge in [-0.15, -0.1) is 11.3 Å². The summed E-state index contributed by atoms with van der Waals surface area (Å²) in [5.41, 5.74) is 1.52. The lowest BCUT2D eigenvalue weighted by Crippen LogP contribution is -2.40. The summed E-state index contributed by atoms with van der Waals surface area (Å²) in [4.78, 5) is 18.6. The number of carbonyl (C=O) groups is 1. The van der Waals surface area contributed by atoms with Gasteiger partial charge in [0.25, 0.3) is 0 Å². The highest BCUT2D eigenvalue weighted by atomic mass is 32.2. The van der Waals surface area contributed by atoms with Crippen LogP contribution in [0.4, 0.5) is 5.13 Å². The van der Waals surface area contributed by atoms with Crippen molar-refractivity contribution in [3.8, 4) is 0 Å². The van der Waals surface area contributed by atoms with Crippen LogP contribution in [0.15, 0.2) is 29.2 Å². The van der Waals surface area contributed by atoms with E-state index >= 15 is 0 Å². The van der Waals surface area contributed by atoms with E-state index in [0.29, 0.717) is 31.9 Å². The zero-order valence-electron chi connectivity index (χ0n) is 15.5. The number of benzene rings is 1.